The van der Waals surface area contributed by atoms with E-state index in [2.05, 4.69) is 5.32 Å². The maximum Gasteiger partial charge on any atom is 0.317 e. The molecule has 0 aromatic carbocycles. The zero-order valence-corrected chi connectivity index (χ0v) is 9.86. The first-order chi connectivity index (χ1) is 7.69. The van der Waals surface area contributed by atoms with Crippen molar-refractivity contribution in [2.75, 3.05) is 46.4 Å². The number of piperazine rings is 1. The second kappa shape index (κ2) is 6.32. The molecule has 0 unspecified atom stereocenters. The van der Waals surface area contributed by atoms with Crippen molar-refractivity contribution in [3.05, 3.63) is 0 Å². The van der Waals surface area contributed by atoms with Crippen LogP contribution in [0.5, 0.6) is 0 Å². The number of methoxy groups -OCH3 is 1. The predicted octanol–water partition coefficient (Wildman–Crippen LogP) is -0.493. The van der Waals surface area contributed by atoms with Crippen molar-refractivity contribution in [1.82, 2.24) is 15.1 Å². The molecule has 0 atom stereocenters. The van der Waals surface area contributed by atoms with Crippen LogP contribution < -0.4 is 5.32 Å². The van der Waals surface area contributed by atoms with Gasteiger partial charge in [-0.15, -0.1) is 0 Å². The van der Waals surface area contributed by atoms with Crippen LogP contribution >= 0.6 is 0 Å². The molecular weight excluding hydrogens is 210 g/mol. The molecule has 0 aromatic rings. The zero-order valence-electron chi connectivity index (χ0n) is 9.86. The van der Waals surface area contributed by atoms with Crippen molar-refractivity contribution in [3.63, 3.8) is 0 Å². The van der Waals surface area contributed by atoms with Gasteiger partial charge in [-0.05, 0) is 6.92 Å². The number of carbonyl (C=O) groups excluding carboxylic acids is 2. The van der Waals surface area contributed by atoms with E-state index in [0.717, 1.165) is 0 Å². The summed E-state index contributed by atoms with van der Waals surface area (Å²) in [4.78, 5) is 26.4. The maximum absolute atomic E-state index is 11.5. The first-order valence-electron chi connectivity index (χ1n) is 5.48. The molecule has 6 nitrogen and oxygen atoms in total. The summed E-state index contributed by atoms with van der Waals surface area (Å²) in [7, 11) is 1.50. The lowest BCUT2D eigenvalue weighted by Crippen LogP contribution is -2.53. The van der Waals surface area contributed by atoms with Crippen LogP contribution in [0.25, 0.3) is 0 Å². The third-order valence-corrected chi connectivity index (χ3v) is 2.52. The first-order valence-corrected chi connectivity index (χ1v) is 5.48. The molecule has 16 heavy (non-hydrogen) atoms. The fraction of sp³-hybridized carbons (Fsp3) is 0.800. The Kier molecular flexibility index (Phi) is 5.04. The molecule has 3 amide bonds. The SMILES string of the molecule is CCNC(=O)N1CCN(C(=O)COC)CC1. The predicted molar refractivity (Wildman–Crippen MR) is 59.1 cm³/mol. The minimum absolute atomic E-state index is 0.0157. The molecule has 1 N–H and O–H groups in total. The maximum atomic E-state index is 11.5. The van der Waals surface area contributed by atoms with Crippen LogP contribution in [0, 0.1) is 0 Å². The van der Waals surface area contributed by atoms with E-state index in [1.54, 1.807) is 9.80 Å². The number of nitrogens with one attached hydrogen (secondary N) is 1. The molecule has 1 aliphatic rings. The van der Waals surface area contributed by atoms with E-state index in [9.17, 15) is 9.59 Å². The number of carbonyl (C=O) groups is 2. The molecular formula is C10H19N3O3. The second-order valence-electron chi connectivity index (χ2n) is 3.64. The Bertz CT molecular complexity index is 224. The number of ether oxygens (including phenoxy) is 1. The molecule has 1 saturated heterocycles. The molecule has 0 saturated carbocycles. The van der Waals surface area contributed by atoms with Gasteiger partial charge in [0.25, 0.3) is 0 Å². The summed E-state index contributed by atoms with van der Waals surface area (Å²) in [6, 6.07) is -0.0543. The Labute approximate surface area is 95.5 Å². The highest BCUT2D eigenvalue weighted by molar-refractivity contribution is 5.78. The minimum atomic E-state index is -0.0543. The monoisotopic (exact) mass is 229 g/mol. The summed E-state index contributed by atoms with van der Waals surface area (Å²) in [5.74, 6) is -0.0157. The van der Waals surface area contributed by atoms with Gasteiger partial charge in [-0.25, -0.2) is 4.79 Å². The van der Waals surface area contributed by atoms with Gasteiger partial charge in [0.15, 0.2) is 0 Å². The van der Waals surface area contributed by atoms with E-state index < -0.39 is 0 Å². The Morgan fingerprint density at radius 2 is 1.75 bits per heavy atom. The Hall–Kier alpha value is -1.30. The van der Waals surface area contributed by atoms with Crippen LogP contribution in [0.1, 0.15) is 6.92 Å². The summed E-state index contributed by atoms with van der Waals surface area (Å²) in [5.41, 5.74) is 0. The van der Waals surface area contributed by atoms with Crippen LogP contribution in [-0.4, -0.2) is 68.2 Å². The Morgan fingerprint density at radius 3 is 2.25 bits per heavy atom. The highest BCUT2D eigenvalue weighted by Crippen LogP contribution is 2.02. The van der Waals surface area contributed by atoms with E-state index in [1.807, 2.05) is 6.92 Å². The van der Waals surface area contributed by atoms with Gasteiger partial charge in [0.05, 0.1) is 0 Å². The van der Waals surface area contributed by atoms with Gasteiger partial charge in [0.1, 0.15) is 6.61 Å². The molecule has 0 spiro atoms. The normalized spacial score (nSPS) is 16.1. The molecule has 6 heteroatoms. The third-order valence-electron chi connectivity index (χ3n) is 2.52. The molecule has 0 aromatic heterocycles. The number of hydrogen-bond donors (Lipinski definition) is 1. The minimum Gasteiger partial charge on any atom is -0.375 e. The Morgan fingerprint density at radius 1 is 1.19 bits per heavy atom. The highest BCUT2D eigenvalue weighted by atomic mass is 16.5. The summed E-state index contributed by atoms with van der Waals surface area (Å²) in [6.07, 6.45) is 0. The summed E-state index contributed by atoms with van der Waals surface area (Å²) < 4.78 is 4.79. The summed E-state index contributed by atoms with van der Waals surface area (Å²) in [6.45, 7) is 4.96. The molecule has 1 fully saturated rings. The largest absolute Gasteiger partial charge is 0.375 e. The number of rotatable bonds is 3. The van der Waals surface area contributed by atoms with Crippen molar-refractivity contribution in [1.29, 1.82) is 0 Å². The zero-order chi connectivity index (χ0) is 12.0. The lowest BCUT2D eigenvalue weighted by molar-refractivity contribution is -0.136. The number of urea groups is 1. The number of hydrogen-bond acceptors (Lipinski definition) is 3. The van der Waals surface area contributed by atoms with Gasteiger partial charge < -0.3 is 19.9 Å². The van der Waals surface area contributed by atoms with Crippen molar-refractivity contribution in [2.24, 2.45) is 0 Å². The van der Waals surface area contributed by atoms with Crippen molar-refractivity contribution < 1.29 is 14.3 Å². The summed E-state index contributed by atoms with van der Waals surface area (Å²) in [5, 5.41) is 2.74. The van der Waals surface area contributed by atoms with Crippen molar-refractivity contribution >= 4 is 11.9 Å². The molecule has 0 radical (unpaired) electrons. The molecule has 0 aliphatic carbocycles. The summed E-state index contributed by atoms with van der Waals surface area (Å²) >= 11 is 0. The fourth-order valence-electron chi connectivity index (χ4n) is 1.64. The molecule has 1 aliphatic heterocycles. The van der Waals surface area contributed by atoms with E-state index in [4.69, 9.17) is 4.74 Å². The van der Waals surface area contributed by atoms with Gasteiger partial charge in [0, 0.05) is 39.8 Å². The van der Waals surface area contributed by atoms with Crippen LogP contribution in [0.4, 0.5) is 4.79 Å². The molecule has 1 rings (SSSR count). The van der Waals surface area contributed by atoms with E-state index >= 15 is 0 Å². The van der Waals surface area contributed by atoms with E-state index in [-0.39, 0.29) is 18.5 Å². The quantitative estimate of drug-likeness (QED) is 0.710. The first kappa shape index (κ1) is 12.8. The fourth-order valence-corrected chi connectivity index (χ4v) is 1.64. The standard InChI is InChI=1S/C10H19N3O3/c1-3-11-10(15)13-6-4-12(5-7-13)9(14)8-16-2/h3-8H2,1-2H3,(H,11,15). The number of amides is 3. The van der Waals surface area contributed by atoms with Crippen LogP contribution in [-0.2, 0) is 9.53 Å². The lowest BCUT2D eigenvalue weighted by atomic mass is 10.3. The van der Waals surface area contributed by atoms with E-state index in [0.29, 0.717) is 32.7 Å². The topological polar surface area (TPSA) is 61.9 Å². The Balaban J connectivity index is 2.33. The number of nitrogens with zero attached hydrogens (tertiary/aromatic N) is 2. The smallest absolute Gasteiger partial charge is 0.317 e. The average Bonchev–Trinajstić information content (AvgIpc) is 2.30. The second-order valence-corrected chi connectivity index (χ2v) is 3.64. The van der Waals surface area contributed by atoms with Gasteiger partial charge in [-0.2, -0.15) is 0 Å². The van der Waals surface area contributed by atoms with Crippen LogP contribution in [0.15, 0.2) is 0 Å². The van der Waals surface area contributed by atoms with Gasteiger partial charge in [-0.3, -0.25) is 4.79 Å². The van der Waals surface area contributed by atoms with Crippen molar-refractivity contribution in [3.8, 4) is 0 Å². The van der Waals surface area contributed by atoms with E-state index in [1.165, 1.54) is 7.11 Å². The molecule has 92 valence electrons. The van der Waals surface area contributed by atoms with Gasteiger partial charge in [-0.1, -0.05) is 0 Å². The lowest BCUT2D eigenvalue weighted by Gasteiger charge is -2.34. The third kappa shape index (κ3) is 3.37. The van der Waals surface area contributed by atoms with Crippen LogP contribution in [0.3, 0.4) is 0 Å². The van der Waals surface area contributed by atoms with Gasteiger partial charge >= 0.3 is 6.03 Å². The van der Waals surface area contributed by atoms with Crippen molar-refractivity contribution in [2.45, 2.75) is 6.92 Å². The van der Waals surface area contributed by atoms with Crippen LogP contribution in [0.2, 0.25) is 0 Å². The molecule has 0 bridgehead atoms. The average molecular weight is 229 g/mol. The highest BCUT2D eigenvalue weighted by Gasteiger charge is 2.23. The molecule has 1 heterocycles. The van der Waals surface area contributed by atoms with Gasteiger partial charge in [0.2, 0.25) is 5.91 Å².